The first kappa shape index (κ1) is 35.5. The molecule has 3 aromatic heterocycles. The highest BCUT2D eigenvalue weighted by Gasteiger charge is 2.30. The number of nitrogens with one attached hydrogen (secondary N) is 2. The molecule has 4 aromatic rings. The zero-order valence-corrected chi connectivity index (χ0v) is 29.6. The molecule has 11 nitrogen and oxygen atoms in total. The summed E-state index contributed by atoms with van der Waals surface area (Å²) in [6, 6.07) is 10.4. The average Bonchev–Trinajstić information content (AvgIpc) is 3.65. The van der Waals surface area contributed by atoms with Gasteiger partial charge in [0.25, 0.3) is 0 Å². The van der Waals surface area contributed by atoms with Gasteiger partial charge in [0.1, 0.15) is 22.4 Å². The van der Waals surface area contributed by atoms with Gasteiger partial charge in [-0.25, -0.2) is 13.5 Å². The number of aromatic nitrogens is 3. The molecule has 2 unspecified atom stereocenters. The Morgan fingerprint density at radius 3 is 2.55 bits per heavy atom. The van der Waals surface area contributed by atoms with Crippen LogP contribution >= 0.6 is 11.3 Å². The lowest BCUT2D eigenvalue weighted by Gasteiger charge is -2.39. The van der Waals surface area contributed by atoms with E-state index in [9.17, 15) is 22.6 Å². The molecule has 5 heterocycles. The average molecular weight is 717 g/mol. The minimum Gasteiger partial charge on any atom is -0.367 e. The van der Waals surface area contributed by atoms with E-state index in [2.05, 4.69) is 60.1 Å². The molecule has 49 heavy (non-hydrogen) atoms. The van der Waals surface area contributed by atoms with Crippen LogP contribution in [0.4, 0.5) is 24.9 Å². The molecule has 4 N–H and O–H groups in total. The highest BCUT2D eigenvalue weighted by atomic mass is 32.2. The molecule has 16 heteroatoms. The van der Waals surface area contributed by atoms with Crippen molar-refractivity contribution in [1.82, 2.24) is 28.6 Å². The number of nitrogens with two attached hydrogens (primary N) is 1. The lowest BCUT2D eigenvalue weighted by atomic mass is 10.0. The van der Waals surface area contributed by atoms with Crippen molar-refractivity contribution < 1.29 is 17.4 Å². The fourth-order valence-electron chi connectivity index (χ4n) is 7.05. The maximum atomic E-state index is 13.1. The number of nitrogens with zero attached hydrogens (tertiary/aromatic N) is 7. The van der Waals surface area contributed by atoms with Gasteiger partial charge in [-0.3, -0.25) is 9.80 Å². The van der Waals surface area contributed by atoms with Crippen molar-refractivity contribution in [2.75, 3.05) is 69.8 Å². The van der Waals surface area contributed by atoms with E-state index in [-0.39, 0.29) is 17.0 Å². The summed E-state index contributed by atoms with van der Waals surface area (Å²) in [4.78, 5) is 14.5. The summed E-state index contributed by atoms with van der Waals surface area (Å²) in [7, 11) is 0.652. The maximum absolute atomic E-state index is 13.1. The summed E-state index contributed by atoms with van der Waals surface area (Å²) >= 11 is 1.05. The second-order valence-corrected chi connectivity index (χ2v) is 15.3. The molecule has 264 valence electrons. The van der Waals surface area contributed by atoms with E-state index >= 15 is 0 Å². The molecule has 0 spiro atoms. The van der Waals surface area contributed by atoms with Gasteiger partial charge in [0.15, 0.2) is 0 Å². The Balaban J connectivity index is 1.09. The topological polar surface area (TPSA) is 131 Å². The van der Waals surface area contributed by atoms with Crippen molar-refractivity contribution in [1.29, 1.82) is 5.26 Å². The number of rotatable bonds is 11. The number of likely N-dealkylation sites (tertiary alicyclic amines) is 1. The van der Waals surface area contributed by atoms with Gasteiger partial charge < -0.3 is 20.9 Å². The molecule has 0 radical (unpaired) electrons. The first-order valence-corrected chi connectivity index (χ1v) is 18.9. The van der Waals surface area contributed by atoms with Crippen LogP contribution in [0.5, 0.6) is 0 Å². The van der Waals surface area contributed by atoms with Crippen LogP contribution in [0, 0.1) is 18.3 Å². The van der Waals surface area contributed by atoms with Gasteiger partial charge in [-0.2, -0.15) is 23.4 Å². The Morgan fingerprint density at radius 2 is 1.88 bits per heavy atom. The number of piperidine rings is 1. The van der Waals surface area contributed by atoms with E-state index < -0.39 is 23.6 Å². The summed E-state index contributed by atoms with van der Waals surface area (Å²) in [5.74, 6) is 0.941. The van der Waals surface area contributed by atoms with Crippen molar-refractivity contribution >= 4 is 55.2 Å². The third-order valence-corrected chi connectivity index (χ3v) is 11.9. The summed E-state index contributed by atoms with van der Waals surface area (Å²) in [6.45, 7) is 8.82. The number of alkyl halides is 3. The van der Waals surface area contributed by atoms with Crippen molar-refractivity contribution in [3.05, 3.63) is 46.0 Å². The Labute approximate surface area is 290 Å². The Bertz CT molecular complexity index is 1860. The number of thiophene rings is 1. The third kappa shape index (κ3) is 8.03. The molecule has 0 saturated carbocycles. The van der Waals surface area contributed by atoms with Crippen molar-refractivity contribution in [2.24, 2.45) is 5.73 Å². The van der Waals surface area contributed by atoms with Crippen molar-refractivity contribution in [3.8, 4) is 6.07 Å². The van der Waals surface area contributed by atoms with Gasteiger partial charge in [0, 0.05) is 100 Å². The zero-order valence-electron chi connectivity index (χ0n) is 28.0. The molecule has 2 saturated heterocycles. The fraction of sp³-hybridized carbons (Fsp3) is 0.545. The standard InChI is InChI=1S/C33H43F3N10OS2/c1-21-22(4-5-29-27(21)14-24(17-37)45(29)12-10-44-11-13-46(49(3)47)25(18-38)20-44)19-43-8-6-23(7-9-43)40-30-28-15-26(16-33(34,35)36)48-31(28)42-32(39-2)41-30/h4-5,14-15,23,25H,6-13,16,18-20,38H2,1-3H3,(H2,39,40,41,42). The van der Waals surface area contributed by atoms with Crippen LogP contribution in [0.3, 0.4) is 0 Å². The Morgan fingerprint density at radius 1 is 1.10 bits per heavy atom. The van der Waals surface area contributed by atoms with E-state index in [4.69, 9.17) is 5.73 Å². The molecule has 1 aromatic carbocycles. The van der Waals surface area contributed by atoms with E-state index in [1.54, 1.807) is 19.4 Å². The van der Waals surface area contributed by atoms with Crippen LogP contribution < -0.4 is 16.4 Å². The molecule has 2 fully saturated rings. The van der Waals surface area contributed by atoms with Gasteiger partial charge in [0.05, 0.1) is 22.8 Å². The summed E-state index contributed by atoms with van der Waals surface area (Å²) < 4.78 is 55.4. The molecular formula is C33H43F3N10OS2. The first-order valence-electron chi connectivity index (χ1n) is 16.5. The van der Waals surface area contributed by atoms with Crippen LogP contribution in [0.15, 0.2) is 24.3 Å². The molecule has 2 aliphatic heterocycles. The number of anilines is 2. The summed E-state index contributed by atoms with van der Waals surface area (Å²) in [6.07, 6.45) is -1.83. The van der Waals surface area contributed by atoms with Gasteiger partial charge in [-0.05, 0) is 49.1 Å². The highest BCUT2D eigenvalue weighted by Crippen LogP contribution is 2.35. The third-order valence-electron chi connectivity index (χ3n) is 9.70. The largest absolute Gasteiger partial charge is 0.393 e. The van der Waals surface area contributed by atoms with Crippen LogP contribution in [-0.2, 0) is 30.5 Å². The number of fused-ring (bicyclic) bond motifs is 2. The molecule has 6 rings (SSSR count). The lowest BCUT2D eigenvalue weighted by Crippen LogP contribution is -2.56. The number of piperazine rings is 1. The molecule has 0 aliphatic carbocycles. The second-order valence-electron chi connectivity index (χ2n) is 12.9. The SMILES string of the molecule is CNc1nc(NC2CCN(Cc3ccc4c(cc(C#N)n4CCN4CCN(S(C)=O)C(CN)C4)c3C)CC2)c2cc(CC(F)(F)F)sc2n1. The smallest absolute Gasteiger partial charge is 0.367 e. The number of nitriles is 1. The quantitative estimate of drug-likeness (QED) is 0.208. The molecule has 2 atom stereocenters. The zero-order chi connectivity index (χ0) is 34.9. The Hall–Kier alpha value is -3.33. The monoisotopic (exact) mass is 716 g/mol. The van der Waals surface area contributed by atoms with Gasteiger partial charge in [-0.1, -0.05) is 6.07 Å². The van der Waals surface area contributed by atoms with E-state index in [1.165, 1.54) is 11.1 Å². The minimum atomic E-state index is -4.28. The first-order chi connectivity index (χ1) is 23.5. The van der Waals surface area contributed by atoms with Gasteiger partial charge >= 0.3 is 6.18 Å². The van der Waals surface area contributed by atoms with Crippen molar-refractivity contribution in [2.45, 2.75) is 57.5 Å². The summed E-state index contributed by atoms with van der Waals surface area (Å²) in [5.41, 5.74) is 10.1. The highest BCUT2D eigenvalue weighted by molar-refractivity contribution is 7.81. The molecule has 0 bridgehead atoms. The fourth-order valence-corrected chi connectivity index (χ4v) is 9.02. The minimum absolute atomic E-state index is 0.0532. The predicted octanol–water partition coefficient (Wildman–Crippen LogP) is 4.29. The van der Waals surface area contributed by atoms with E-state index in [1.807, 2.05) is 10.4 Å². The van der Waals surface area contributed by atoms with E-state index in [0.717, 1.165) is 74.3 Å². The number of hydrogen-bond donors (Lipinski definition) is 3. The maximum Gasteiger partial charge on any atom is 0.393 e. The van der Waals surface area contributed by atoms with Crippen LogP contribution in [-0.4, -0.2) is 110 Å². The number of hydrogen-bond acceptors (Lipinski definition) is 10. The van der Waals surface area contributed by atoms with Gasteiger partial charge in [-0.15, -0.1) is 11.3 Å². The number of benzene rings is 1. The Kier molecular flexibility index (Phi) is 10.8. The van der Waals surface area contributed by atoms with E-state index in [0.29, 0.717) is 47.3 Å². The molecule has 0 amide bonds. The molecule has 2 aliphatic rings. The van der Waals surface area contributed by atoms with Crippen LogP contribution in [0.25, 0.3) is 21.1 Å². The normalized spacial score (nSPS) is 19.4. The van der Waals surface area contributed by atoms with Crippen LogP contribution in [0.2, 0.25) is 0 Å². The number of halogens is 3. The van der Waals surface area contributed by atoms with Gasteiger partial charge in [0.2, 0.25) is 5.95 Å². The summed E-state index contributed by atoms with van der Waals surface area (Å²) in [5, 5.41) is 18.1. The lowest BCUT2D eigenvalue weighted by molar-refractivity contribution is -0.126. The number of aryl methyl sites for hydroxylation is 1. The second kappa shape index (κ2) is 14.9. The van der Waals surface area contributed by atoms with Crippen molar-refractivity contribution in [3.63, 3.8) is 0 Å². The van der Waals surface area contributed by atoms with Crippen LogP contribution in [0.1, 0.15) is 34.5 Å². The predicted molar refractivity (Wildman–Crippen MR) is 190 cm³/mol. The molecular weight excluding hydrogens is 674 g/mol.